The first-order valence-electron chi connectivity index (χ1n) is 7.40. The molecular weight excluding hydrogens is 264 g/mol. The SMILES string of the molecule is Cc1cnc2c(C)cccc2c1N1CCC(C(=O)O)CC1. The number of piperidine rings is 1. The number of rotatable bonds is 2. The Morgan fingerprint density at radius 2 is 1.95 bits per heavy atom. The van der Waals surface area contributed by atoms with Gasteiger partial charge in [0.2, 0.25) is 0 Å². The quantitative estimate of drug-likeness (QED) is 0.920. The van der Waals surface area contributed by atoms with Gasteiger partial charge in [-0.1, -0.05) is 18.2 Å². The Bertz CT molecular complexity index is 688. The van der Waals surface area contributed by atoms with E-state index in [4.69, 9.17) is 5.11 Å². The van der Waals surface area contributed by atoms with Gasteiger partial charge in [0.05, 0.1) is 17.1 Å². The highest BCUT2D eigenvalue weighted by molar-refractivity contribution is 5.95. The molecular formula is C17H20N2O2. The fourth-order valence-corrected chi connectivity index (χ4v) is 3.23. The molecule has 0 radical (unpaired) electrons. The fourth-order valence-electron chi connectivity index (χ4n) is 3.23. The van der Waals surface area contributed by atoms with Crippen LogP contribution in [0.1, 0.15) is 24.0 Å². The molecule has 0 aliphatic carbocycles. The molecule has 110 valence electrons. The van der Waals surface area contributed by atoms with Crippen molar-refractivity contribution >= 4 is 22.6 Å². The molecule has 0 unspecified atom stereocenters. The molecule has 0 atom stereocenters. The summed E-state index contributed by atoms with van der Waals surface area (Å²) in [7, 11) is 0. The Morgan fingerprint density at radius 1 is 1.24 bits per heavy atom. The number of benzene rings is 1. The fraction of sp³-hybridized carbons (Fsp3) is 0.412. The maximum Gasteiger partial charge on any atom is 0.306 e. The molecule has 1 aromatic carbocycles. The molecule has 1 fully saturated rings. The number of hydrogen-bond acceptors (Lipinski definition) is 3. The van der Waals surface area contributed by atoms with Crippen LogP contribution in [0, 0.1) is 19.8 Å². The molecule has 1 aliphatic heterocycles. The van der Waals surface area contributed by atoms with Crippen LogP contribution in [0.3, 0.4) is 0 Å². The summed E-state index contributed by atoms with van der Waals surface area (Å²) in [6.45, 7) is 5.74. The van der Waals surface area contributed by atoms with Crippen molar-refractivity contribution in [1.29, 1.82) is 0 Å². The van der Waals surface area contributed by atoms with Crippen LogP contribution in [0.5, 0.6) is 0 Å². The van der Waals surface area contributed by atoms with Crippen LogP contribution < -0.4 is 4.90 Å². The number of nitrogens with zero attached hydrogens (tertiary/aromatic N) is 2. The van der Waals surface area contributed by atoms with Gasteiger partial charge in [0.25, 0.3) is 0 Å². The van der Waals surface area contributed by atoms with Gasteiger partial charge >= 0.3 is 5.97 Å². The van der Waals surface area contributed by atoms with Crippen LogP contribution in [-0.4, -0.2) is 29.1 Å². The third-order valence-electron chi connectivity index (χ3n) is 4.41. The number of hydrogen-bond donors (Lipinski definition) is 1. The molecule has 21 heavy (non-hydrogen) atoms. The number of pyridine rings is 1. The molecule has 0 spiro atoms. The Hall–Kier alpha value is -2.10. The number of carbonyl (C=O) groups is 1. The van der Waals surface area contributed by atoms with Crippen molar-refractivity contribution in [1.82, 2.24) is 4.98 Å². The van der Waals surface area contributed by atoms with E-state index in [2.05, 4.69) is 41.9 Å². The monoisotopic (exact) mass is 284 g/mol. The summed E-state index contributed by atoms with van der Waals surface area (Å²) < 4.78 is 0. The second kappa shape index (κ2) is 5.35. The smallest absolute Gasteiger partial charge is 0.306 e. The molecule has 1 aliphatic rings. The van der Waals surface area contributed by atoms with Crippen molar-refractivity contribution in [2.75, 3.05) is 18.0 Å². The van der Waals surface area contributed by atoms with Crippen LogP contribution in [-0.2, 0) is 4.79 Å². The van der Waals surface area contributed by atoms with Crippen molar-refractivity contribution in [3.8, 4) is 0 Å². The highest BCUT2D eigenvalue weighted by Gasteiger charge is 2.26. The Kier molecular flexibility index (Phi) is 3.53. The van der Waals surface area contributed by atoms with E-state index in [1.807, 2.05) is 6.20 Å². The summed E-state index contributed by atoms with van der Waals surface area (Å²) in [6, 6.07) is 6.25. The lowest BCUT2D eigenvalue weighted by Gasteiger charge is -2.33. The van der Waals surface area contributed by atoms with Gasteiger partial charge in [0, 0.05) is 24.7 Å². The summed E-state index contributed by atoms with van der Waals surface area (Å²) in [6.07, 6.45) is 3.35. The van der Waals surface area contributed by atoms with Gasteiger partial charge < -0.3 is 10.0 Å². The van der Waals surface area contributed by atoms with E-state index in [9.17, 15) is 4.79 Å². The van der Waals surface area contributed by atoms with Crippen LogP contribution in [0.4, 0.5) is 5.69 Å². The predicted octanol–water partition coefficient (Wildman–Crippen LogP) is 3.15. The van der Waals surface area contributed by atoms with Crippen molar-refractivity contribution in [2.24, 2.45) is 5.92 Å². The van der Waals surface area contributed by atoms with Gasteiger partial charge in [0.1, 0.15) is 0 Å². The molecule has 1 N–H and O–H groups in total. The second-order valence-corrected chi connectivity index (χ2v) is 5.86. The van der Waals surface area contributed by atoms with Crippen LogP contribution in [0.25, 0.3) is 10.9 Å². The number of fused-ring (bicyclic) bond motifs is 1. The third-order valence-corrected chi connectivity index (χ3v) is 4.41. The highest BCUT2D eigenvalue weighted by atomic mass is 16.4. The molecule has 1 aromatic heterocycles. The third kappa shape index (κ3) is 2.46. The molecule has 2 aromatic rings. The van der Waals surface area contributed by atoms with Crippen molar-refractivity contribution in [2.45, 2.75) is 26.7 Å². The number of aromatic nitrogens is 1. The molecule has 4 heteroatoms. The summed E-state index contributed by atoms with van der Waals surface area (Å²) in [5.41, 5.74) is 4.59. The summed E-state index contributed by atoms with van der Waals surface area (Å²) in [5, 5.41) is 10.3. The van der Waals surface area contributed by atoms with E-state index in [1.165, 1.54) is 16.6 Å². The molecule has 2 heterocycles. The molecule has 0 saturated carbocycles. The minimum atomic E-state index is -0.665. The van der Waals surface area contributed by atoms with Gasteiger partial charge in [-0.25, -0.2) is 0 Å². The van der Waals surface area contributed by atoms with Crippen molar-refractivity contribution in [3.05, 3.63) is 35.5 Å². The van der Waals surface area contributed by atoms with Gasteiger partial charge in [-0.15, -0.1) is 0 Å². The van der Waals surface area contributed by atoms with E-state index in [0.29, 0.717) is 12.8 Å². The highest BCUT2D eigenvalue weighted by Crippen LogP contribution is 2.33. The maximum atomic E-state index is 11.1. The Morgan fingerprint density at radius 3 is 2.62 bits per heavy atom. The topological polar surface area (TPSA) is 53.4 Å². The number of carboxylic acids is 1. The standard InChI is InChI=1S/C17H20N2O2/c1-11-4-3-5-14-15(11)18-10-12(2)16(14)19-8-6-13(7-9-19)17(20)21/h3-5,10,13H,6-9H2,1-2H3,(H,20,21). The zero-order chi connectivity index (χ0) is 15.0. The number of aryl methyl sites for hydroxylation is 2. The number of anilines is 1. The van der Waals surface area contributed by atoms with Crippen molar-refractivity contribution < 1.29 is 9.90 Å². The second-order valence-electron chi connectivity index (χ2n) is 5.86. The van der Waals surface area contributed by atoms with E-state index < -0.39 is 5.97 Å². The van der Waals surface area contributed by atoms with Gasteiger partial charge in [0.15, 0.2) is 0 Å². The molecule has 0 bridgehead atoms. The van der Waals surface area contributed by atoms with Gasteiger partial charge in [-0.3, -0.25) is 9.78 Å². The summed E-state index contributed by atoms with van der Waals surface area (Å²) in [4.78, 5) is 18.0. The molecule has 4 nitrogen and oxygen atoms in total. The van der Waals surface area contributed by atoms with E-state index >= 15 is 0 Å². The zero-order valence-corrected chi connectivity index (χ0v) is 12.5. The first-order chi connectivity index (χ1) is 10.1. The van der Waals surface area contributed by atoms with Crippen LogP contribution in [0.2, 0.25) is 0 Å². The first-order valence-corrected chi connectivity index (χ1v) is 7.40. The number of para-hydroxylation sites is 1. The Balaban J connectivity index is 1.99. The Labute approximate surface area is 124 Å². The first kappa shape index (κ1) is 13.9. The van der Waals surface area contributed by atoms with Gasteiger partial charge in [-0.05, 0) is 37.8 Å². The average Bonchev–Trinajstić information content (AvgIpc) is 2.47. The van der Waals surface area contributed by atoms with E-state index in [0.717, 1.165) is 24.2 Å². The van der Waals surface area contributed by atoms with Crippen molar-refractivity contribution in [3.63, 3.8) is 0 Å². The molecule has 1 saturated heterocycles. The van der Waals surface area contributed by atoms with E-state index in [-0.39, 0.29) is 5.92 Å². The molecule has 0 amide bonds. The summed E-state index contributed by atoms with van der Waals surface area (Å²) >= 11 is 0. The molecule has 3 rings (SSSR count). The lowest BCUT2D eigenvalue weighted by atomic mass is 9.95. The summed E-state index contributed by atoms with van der Waals surface area (Å²) in [5.74, 6) is -0.863. The average molecular weight is 284 g/mol. The normalized spacial score (nSPS) is 16.4. The number of carboxylic acid groups (broad SMARTS) is 1. The minimum absolute atomic E-state index is 0.198. The lowest BCUT2D eigenvalue weighted by molar-refractivity contribution is -0.142. The van der Waals surface area contributed by atoms with Crippen LogP contribution >= 0.6 is 0 Å². The van der Waals surface area contributed by atoms with Gasteiger partial charge in [-0.2, -0.15) is 0 Å². The maximum absolute atomic E-state index is 11.1. The van der Waals surface area contributed by atoms with E-state index in [1.54, 1.807) is 0 Å². The zero-order valence-electron chi connectivity index (χ0n) is 12.5. The number of aliphatic carboxylic acids is 1. The predicted molar refractivity (Wildman–Crippen MR) is 83.8 cm³/mol. The lowest BCUT2D eigenvalue weighted by Crippen LogP contribution is -2.36. The largest absolute Gasteiger partial charge is 0.481 e. The van der Waals surface area contributed by atoms with Crippen LogP contribution in [0.15, 0.2) is 24.4 Å². The minimum Gasteiger partial charge on any atom is -0.481 e.